The van der Waals surface area contributed by atoms with Crippen LogP contribution >= 0.6 is 22.9 Å². The summed E-state index contributed by atoms with van der Waals surface area (Å²) in [5, 5.41) is 10.1. The molecule has 0 saturated heterocycles. The molecule has 0 spiro atoms. The molecule has 0 aliphatic rings. The Morgan fingerprint density at radius 3 is 2.82 bits per heavy atom. The second-order valence-electron chi connectivity index (χ2n) is 6.10. The number of nitrogens with one attached hydrogen (secondary N) is 1. The Hall–Kier alpha value is -2.90. The van der Waals surface area contributed by atoms with Crippen molar-refractivity contribution in [3.05, 3.63) is 70.2 Å². The van der Waals surface area contributed by atoms with Crippen molar-refractivity contribution < 1.29 is 9.53 Å². The van der Waals surface area contributed by atoms with E-state index in [-0.39, 0.29) is 5.91 Å². The predicted octanol–water partition coefficient (Wildman–Crippen LogP) is 4.09. The van der Waals surface area contributed by atoms with E-state index in [2.05, 4.69) is 15.4 Å². The summed E-state index contributed by atoms with van der Waals surface area (Å²) in [6, 6.07) is 14.5. The van der Waals surface area contributed by atoms with Crippen molar-refractivity contribution >= 4 is 33.8 Å². The molecular formula is C20H17ClN4O2S. The van der Waals surface area contributed by atoms with Crippen molar-refractivity contribution in [2.45, 2.75) is 6.42 Å². The predicted molar refractivity (Wildman–Crippen MR) is 110 cm³/mol. The third-order valence-electron chi connectivity index (χ3n) is 4.25. The molecule has 0 fully saturated rings. The van der Waals surface area contributed by atoms with E-state index in [1.54, 1.807) is 31.4 Å². The standard InChI is InChI=1S/C20H17ClN4O2S/c1-27-17-7-5-13(6-8-17)18-23-20-25(24-18)16(12-28-20)9-10-22-19(26)14-3-2-4-15(21)11-14/h2-8,11-12H,9-10H2,1H3,(H,22,26). The lowest BCUT2D eigenvalue weighted by Crippen LogP contribution is -2.26. The van der Waals surface area contributed by atoms with Crippen LogP contribution in [0, 0.1) is 0 Å². The van der Waals surface area contributed by atoms with E-state index >= 15 is 0 Å². The molecule has 0 aliphatic carbocycles. The Morgan fingerprint density at radius 1 is 1.25 bits per heavy atom. The van der Waals surface area contributed by atoms with Crippen LogP contribution in [0.15, 0.2) is 53.9 Å². The van der Waals surface area contributed by atoms with Gasteiger partial charge in [0.25, 0.3) is 5.91 Å². The molecule has 1 amide bonds. The third-order valence-corrected chi connectivity index (χ3v) is 5.35. The average Bonchev–Trinajstić information content (AvgIpc) is 3.30. The summed E-state index contributed by atoms with van der Waals surface area (Å²) < 4.78 is 7.01. The molecule has 0 aliphatic heterocycles. The lowest BCUT2D eigenvalue weighted by atomic mass is 10.2. The van der Waals surface area contributed by atoms with Gasteiger partial charge in [-0.05, 0) is 42.5 Å². The molecule has 0 unspecified atom stereocenters. The molecule has 28 heavy (non-hydrogen) atoms. The number of benzene rings is 2. The Labute approximate surface area is 170 Å². The van der Waals surface area contributed by atoms with Crippen molar-refractivity contribution in [2.24, 2.45) is 0 Å². The van der Waals surface area contributed by atoms with E-state index in [1.807, 2.05) is 34.2 Å². The second kappa shape index (κ2) is 8.00. The number of rotatable bonds is 6. The highest BCUT2D eigenvalue weighted by atomic mass is 35.5. The number of nitrogens with zero attached hydrogens (tertiary/aromatic N) is 3. The van der Waals surface area contributed by atoms with Gasteiger partial charge in [-0.25, -0.2) is 4.52 Å². The highest BCUT2D eigenvalue weighted by Gasteiger charge is 2.12. The van der Waals surface area contributed by atoms with Gasteiger partial charge in [0.15, 0.2) is 5.82 Å². The molecule has 6 nitrogen and oxygen atoms in total. The molecule has 8 heteroatoms. The maximum Gasteiger partial charge on any atom is 0.251 e. The highest BCUT2D eigenvalue weighted by Crippen LogP contribution is 2.23. The van der Waals surface area contributed by atoms with Crippen LogP contribution in [0.3, 0.4) is 0 Å². The Bertz CT molecular complexity index is 1120. The molecule has 0 saturated carbocycles. The van der Waals surface area contributed by atoms with Crippen LogP contribution in [0.2, 0.25) is 5.02 Å². The van der Waals surface area contributed by atoms with E-state index in [0.29, 0.717) is 29.4 Å². The van der Waals surface area contributed by atoms with Crippen molar-refractivity contribution in [3.63, 3.8) is 0 Å². The zero-order chi connectivity index (χ0) is 19.5. The van der Waals surface area contributed by atoms with E-state index < -0.39 is 0 Å². The van der Waals surface area contributed by atoms with E-state index in [4.69, 9.17) is 16.3 Å². The fourth-order valence-corrected chi connectivity index (χ4v) is 3.84. The number of aromatic nitrogens is 3. The fraction of sp³-hybridized carbons (Fsp3) is 0.150. The summed E-state index contributed by atoms with van der Waals surface area (Å²) >= 11 is 7.46. The van der Waals surface area contributed by atoms with E-state index in [9.17, 15) is 4.79 Å². The monoisotopic (exact) mass is 412 g/mol. The second-order valence-corrected chi connectivity index (χ2v) is 7.37. The number of carbonyl (C=O) groups is 1. The molecule has 0 bridgehead atoms. The number of thiazole rings is 1. The number of fused-ring (bicyclic) bond motifs is 1. The lowest BCUT2D eigenvalue weighted by molar-refractivity contribution is 0.0954. The number of ether oxygens (including phenoxy) is 1. The summed E-state index contributed by atoms with van der Waals surface area (Å²) in [7, 11) is 1.64. The van der Waals surface area contributed by atoms with Crippen molar-refractivity contribution in [1.29, 1.82) is 0 Å². The smallest absolute Gasteiger partial charge is 0.251 e. The Balaban J connectivity index is 1.44. The number of hydrogen-bond donors (Lipinski definition) is 1. The van der Waals surface area contributed by atoms with Gasteiger partial charge < -0.3 is 10.1 Å². The summed E-state index contributed by atoms with van der Waals surface area (Å²) in [4.78, 5) is 17.6. The van der Waals surface area contributed by atoms with Gasteiger partial charge in [0.2, 0.25) is 4.96 Å². The lowest BCUT2D eigenvalue weighted by Gasteiger charge is -2.05. The maximum absolute atomic E-state index is 12.2. The summed E-state index contributed by atoms with van der Waals surface area (Å²) in [5.41, 5.74) is 2.47. The Kier molecular flexibility index (Phi) is 5.27. The van der Waals surface area contributed by atoms with Crippen molar-refractivity contribution in [1.82, 2.24) is 19.9 Å². The minimum atomic E-state index is -0.147. The SMILES string of the molecule is COc1ccc(-c2nc3scc(CCNC(=O)c4cccc(Cl)c4)n3n2)cc1. The average molecular weight is 413 g/mol. The van der Waals surface area contributed by atoms with Crippen LogP contribution in [0.25, 0.3) is 16.3 Å². The number of hydrogen-bond acceptors (Lipinski definition) is 5. The van der Waals surface area contributed by atoms with Gasteiger partial charge in [-0.2, -0.15) is 4.98 Å². The zero-order valence-corrected chi connectivity index (χ0v) is 16.6. The van der Waals surface area contributed by atoms with Crippen LogP contribution in [0.1, 0.15) is 16.1 Å². The molecule has 0 atom stereocenters. The van der Waals surface area contributed by atoms with Gasteiger partial charge in [-0.3, -0.25) is 4.79 Å². The Morgan fingerprint density at radius 2 is 2.07 bits per heavy atom. The van der Waals surface area contributed by atoms with Gasteiger partial charge >= 0.3 is 0 Å². The largest absolute Gasteiger partial charge is 0.497 e. The first kappa shape index (κ1) is 18.5. The minimum Gasteiger partial charge on any atom is -0.497 e. The molecule has 0 radical (unpaired) electrons. The van der Waals surface area contributed by atoms with Crippen LogP contribution in [-0.2, 0) is 6.42 Å². The molecule has 4 rings (SSSR count). The first-order valence-electron chi connectivity index (χ1n) is 8.65. The van der Waals surface area contributed by atoms with E-state index in [0.717, 1.165) is 22.0 Å². The van der Waals surface area contributed by atoms with Crippen LogP contribution < -0.4 is 10.1 Å². The van der Waals surface area contributed by atoms with Crippen LogP contribution in [0.4, 0.5) is 0 Å². The minimum absolute atomic E-state index is 0.147. The number of methoxy groups -OCH3 is 1. The van der Waals surface area contributed by atoms with Gasteiger partial charge in [-0.15, -0.1) is 16.4 Å². The van der Waals surface area contributed by atoms with Crippen molar-refractivity contribution in [2.75, 3.05) is 13.7 Å². The van der Waals surface area contributed by atoms with E-state index in [1.165, 1.54) is 11.3 Å². The van der Waals surface area contributed by atoms with Crippen molar-refractivity contribution in [3.8, 4) is 17.1 Å². The number of amides is 1. The topological polar surface area (TPSA) is 68.5 Å². The molecule has 2 aromatic carbocycles. The fourth-order valence-electron chi connectivity index (χ4n) is 2.79. The molecule has 142 valence electrons. The third kappa shape index (κ3) is 3.85. The first-order valence-corrected chi connectivity index (χ1v) is 9.91. The van der Waals surface area contributed by atoms with Gasteiger partial charge in [0.1, 0.15) is 5.75 Å². The zero-order valence-electron chi connectivity index (χ0n) is 15.1. The van der Waals surface area contributed by atoms with Crippen LogP contribution in [0.5, 0.6) is 5.75 Å². The summed E-state index contributed by atoms with van der Waals surface area (Å²) in [6.07, 6.45) is 0.651. The molecule has 4 aromatic rings. The molecule has 2 heterocycles. The normalized spacial score (nSPS) is 10.9. The first-order chi connectivity index (χ1) is 13.6. The van der Waals surface area contributed by atoms with Crippen LogP contribution in [-0.4, -0.2) is 34.2 Å². The van der Waals surface area contributed by atoms with Gasteiger partial charge in [-0.1, -0.05) is 17.7 Å². The maximum atomic E-state index is 12.2. The van der Waals surface area contributed by atoms with Gasteiger partial charge in [0.05, 0.1) is 12.8 Å². The molecule has 1 N–H and O–H groups in total. The molecular weight excluding hydrogens is 396 g/mol. The highest BCUT2D eigenvalue weighted by molar-refractivity contribution is 7.15. The summed E-state index contributed by atoms with van der Waals surface area (Å²) in [6.45, 7) is 0.495. The summed E-state index contributed by atoms with van der Waals surface area (Å²) in [5.74, 6) is 1.31. The quantitative estimate of drug-likeness (QED) is 0.517. The number of halogens is 1. The molecule has 2 aromatic heterocycles. The van der Waals surface area contributed by atoms with Gasteiger partial charge in [0, 0.05) is 34.5 Å². The number of carbonyl (C=O) groups excluding carboxylic acids is 1.